The van der Waals surface area contributed by atoms with Crippen LogP contribution in [0.3, 0.4) is 0 Å². The van der Waals surface area contributed by atoms with E-state index in [4.69, 9.17) is 9.47 Å². The van der Waals surface area contributed by atoms with Gasteiger partial charge in [-0.2, -0.15) is 0 Å². The average molecular weight is 234 g/mol. The van der Waals surface area contributed by atoms with Crippen molar-refractivity contribution in [2.75, 3.05) is 0 Å². The van der Waals surface area contributed by atoms with Crippen molar-refractivity contribution in [3.63, 3.8) is 0 Å². The molecule has 0 spiro atoms. The first-order chi connectivity index (χ1) is 8.06. The van der Waals surface area contributed by atoms with E-state index in [9.17, 15) is 9.59 Å². The largest absolute Gasteiger partial charge is 0.426 e. The molecule has 0 bridgehead atoms. The summed E-state index contributed by atoms with van der Waals surface area (Å²) in [5.74, 6) is 0.179. The molecule has 4 heteroatoms. The Labute approximate surface area is 99.5 Å². The van der Waals surface area contributed by atoms with Crippen LogP contribution in [0.4, 0.5) is 0 Å². The van der Waals surface area contributed by atoms with E-state index in [1.54, 1.807) is 26.0 Å². The summed E-state index contributed by atoms with van der Waals surface area (Å²) >= 11 is 0. The highest BCUT2D eigenvalue weighted by Gasteiger charge is 2.18. The molecule has 0 saturated heterocycles. The maximum absolute atomic E-state index is 11.4. The van der Waals surface area contributed by atoms with Crippen molar-refractivity contribution in [1.82, 2.24) is 0 Å². The zero-order valence-electron chi connectivity index (χ0n) is 9.86. The van der Waals surface area contributed by atoms with Gasteiger partial charge < -0.3 is 9.47 Å². The number of aryl methyl sites for hydroxylation is 1. The molecule has 0 fully saturated rings. The molecule has 0 aliphatic carbocycles. The van der Waals surface area contributed by atoms with Crippen LogP contribution in [0.2, 0.25) is 0 Å². The maximum Gasteiger partial charge on any atom is 0.313 e. The second-order valence-corrected chi connectivity index (χ2v) is 4.32. The zero-order valence-corrected chi connectivity index (χ0v) is 9.86. The summed E-state index contributed by atoms with van der Waals surface area (Å²) in [6.07, 6.45) is 1.07. The molecular formula is C13H14O4. The molecule has 1 heterocycles. The molecule has 0 atom stereocenters. The molecule has 4 nitrogen and oxygen atoms in total. The van der Waals surface area contributed by atoms with Gasteiger partial charge in [0.1, 0.15) is 11.5 Å². The van der Waals surface area contributed by atoms with Crippen LogP contribution in [0.25, 0.3) is 0 Å². The normalized spacial score (nSPS) is 14.2. The quantitative estimate of drug-likeness (QED) is 0.581. The molecule has 1 aliphatic heterocycles. The topological polar surface area (TPSA) is 52.6 Å². The third kappa shape index (κ3) is 2.64. The van der Waals surface area contributed by atoms with Gasteiger partial charge in [0.05, 0.1) is 12.3 Å². The van der Waals surface area contributed by atoms with Gasteiger partial charge in [-0.25, -0.2) is 0 Å². The van der Waals surface area contributed by atoms with Crippen LogP contribution in [0.15, 0.2) is 18.2 Å². The molecule has 0 N–H and O–H groups in total. The van der Waals surface area contributed by atoms with Gasteiger partial charge >= 0.3 is 11.9 Å². The second-order valence-electron chi connectivity index (χ2n) is 4.32. The van der Waals surface area contributed by atoms with Crippen LogP contribution < -0.4 is 9.47 Å². The number of hydrogen-bond acceptors (Lipinski definition) is 4. The molecule has 0 unspecified atom stereocenters. The average Bonchev–Trinajstić information content (AvgIpc) is 2.28. The monoisotopic (exact) mass is 234 g/mol. The van der Waals surface area contributed by atoms with Crippen molar-refractivity contribution >= 4 is 11.9 Å². The van der Waals surface area contributed by atoms with Gasteiger partial charge in [-0.1, -0.05) is 19.9 Å². The van der Waals surface area contributed by atoms with Gasteiger partial charge in [-0.05, 0) is 18.1 Å². The van der Waals surface area contributed by atoms with Crippen molar-refractivity contribution in [3.8, 4) is 11.5 Å². The minimum atomic E-state index is -0.299. The Morgan fingerprint density at radius 1 is 1.35 bits per heavy atom. The van der Waals surface area contributed by atoms with Gasteiger partial charge in [0.25, 0.3) is 0 Å². The highest BCUT2D eigenvalue weighted by molar-refractivity contribution is 5.77. The standard InChI is InChI=1S/C13H14O4/c1-8(2)13(15)16-10-5-3-9-4-6-12(14)17-11(9)7-10/h3,5,7-8H,4,6H2,1-2H3. The summed E-state index contributed by atoms with van der Waals surface area (Å²) in [6, 6.07) is 5.13. The Morgan fingerprint density at radius 3 is 2.82 bits per heavy atom. The van der Waals surface area contributed by atoms with Crippen LogP contribution in [0.1, 0.15) is 25.8 Å². The molecule has 0 amide bonds. The van der Waals surface area contributed by atoms with E-state index in [0.29, 0.717) is 24.3 Å². The molecule has 90 valence electrons. The molecule has 2 rings (SSSR count). The first-order valence-corrected chi connectivity index (χ1v) is 5.61. The number of esters is 2. The Morgan fingerprint density at radius 2 is 2.12 bits per heavy atom. The third-order valence-electron chi connectivity index (χ3n) is 2.55. The number of carbonyl (C=O) groups is 2. The van der Waals surface area contributed by atoms with Crippen LogP contribution >= 0.6 is 0 Å². The Bertz CT molecular complexity index is 462. The first-order valence-electron chi connectivity index (χ1n) is 5.61. The SMILES string of the molecule is CC(C)C(=O)Oc1ccc2c(c1)OC(=O)CC2. The highest BCUT2D eigenvalue weighted by atomic mass is 16.5. The van der Waals surface area contributed by atoms with E-state index in [2.05, 4.69) is 0 Å². The summed E-state index contributed by atoms with van der Waals surface area (Å²) in [5.41, 5.74) is 0.967. The third-order valence-corrected chi connectivity index (χ3v) is 2.55. The van der Waals surface area contributed by atoms with E-state index in [1.165, 1.54) is 0 Å². The van der Waals surface area contributed by atoms with Gasteiger partial charge in [-0.3, -0.25) is 9.59 Å². The van der Waals surface area contributed by atoms with Gasteiger partial charge in [0.2, 0.25) is 0 Å². The lowest BCUT2D eigenvalue weighted by molar-refractivity contribution is -0.137. The molecular weight excluding hydrogens is 220 g/mol. The van der Waals surface area contributed by atoms with Crippen LogP contribution in [-0.2, 0) is 16.0 Å². The molecule has 0 radical (unpaired) electrons. The van der Waals surface area contributed by atoms with Gasteiger partial charge in [0, 0.05) is 6.07 Å². The fourth-order valence-corrected chi connectivity index (χ4v) is 1.54. The zero-order chi connectivity index (χ0) is 12.4. The summed E-state index contributed by atoms with van der Waals surface area (Å²) in [7, 11) is 0. The number of fused-ring (bicyclic) bond motifs is 1. The van der Waals surface area contributed by atoms with Crippen molar-refractivity contribution in [2.24, 2.45) is 5.92 Å². The van der Waals surface area contributed by atoms with E-state index >= 15 is 0 Å². The minimum Gasteiger partial charge on any atom is -0.426 e. The summed E-state index contributed by atoms with van der Waals surface area (Å²) in [4.78, 5) is 22.6. The van der Waals surface area contributed by atoms with E-state index < -0.39 is 0 Å². The van der Waals surface area contributed by atoms with Gasteiger partial charge in [0.15, 0.2) is 0 Å². The summed E-state index contributed by atoms with van der Waals surface area (Å²) in [6.45, 7) is 3.53. The molecule has 1 aromatic rings. The number of rotatable bonds is 2. The van der Waals surface area contributed by atoms with Crippen LogP contribution in [0, 0.1) is 5.92 Å². The predicted octanol–water partition coefficient (Wildman–Crippen LogP) is 2.10. The molecule has 0 aromatic heterocycles. The fourth-order valence-electron chi connectivity index (χ4n) is 1.54. The first kappa shape index (κ1) is 11.6. The Hall–Kier alpha value is -1.84. The van der Waals surface area contributed by atoms with Gasteiger partial charge in [-0.15, -0.1) is 0 Å². The van der Waals surface area contributed by atoms with E-state index in [-0.39, 0.29) is 17.9 Å². The van der Waals surface area contributed by atoms with Crippen molar-refractivity contribution in [3.05, 3.63) is 23.8 Å². The smallest absolute Gasteiger partial charge is 0.313 e. The minimum absolute atomic E-state index is 0.186. The number of hydrogen-bond donors (Lipinski definition) is 0. The van der Waals surface area contributed by atoms with Crippen LogP contribution in [-0.4, -0.2) is 11.9 Å². The molecule has 0 saturated carbocycles. The fraction of sp³-hybridized carbons (Fsp3) is 0.385. The molecule has 17 heavy (non-hydrogen) atoms. The molecule has 1 aromatic carbocycles. The summed E-state index contributed by atoms with van der Waals surface area (Å²) < 4.78 is 10.2. The van der Waals surface area contributed by atoms with Crippen LogP contribution in [0.5, 0.6) is 11.5 Å². The number of ether oxygens (including phenoxy) is 2. The predicted molar refractivity (Wildman–Crippen MR) is 60.9 cm³/mol. The highest BCUT2D eigenvalue weighted by Crippen LogP contribution is 2.29. The van der Waals surface area contributed by atoms with E-state index in [1.807, 2.05) is 6.07 Å². The summed E-state index contributed by atoms with van der Waals surface area (Å²) in [5, 5.41) is 0. The lowest BCUT2D eigenvalue weighted by atomic mass is 10.1. The second kappa shape index (κ2) is 4.57. The van der Waals surface area contributed by atoms with Crippen molar-refractivity contribution in [1.29, 1.82) is 0 Å². The Balaban J connectivity index is 2.18. The maximum atomic E-state index is 11.4. The number of benzene rings is 1. The lowest BCUT2D eigenvalue weighted by Gasteiger charge is -2.16. The van der Waals surface area contributed by atoms with E-state index in [0.717, 1.165) is 5.56 Å². The number of carbonyl (C=O) groups excluding carboxylic acids is 2. The Kier molecular flexibility index (Phi) is 3.13. The van der Waals surface area contributed by atoms with Crippen molar-refractivity contribution in [2.45, 2.75) is 26.7 Å². The lowest BCUT2D eigenvalue weighted by Crippen LogP contribution is -2.17. The molecule has 1 aliphatic rings. The van der Waals surface area contributed by atoms with Crippen molar-refractivity contribution < 1.29 is 19.1 Å².